The lowest BCUT2D eigenvalue weighted by atomic mass is 10.2. The molecule has 1 atom stereocenters. The normalized spacial score (nSPS) is 15.6. The fourth-order valence-electron chi connectivity index (χ4n) is 3.26. The Balaban J connectivity index is 1.40. The van der Waals surface area contributed by atoms with Gasteiger partial charge >= 0.3 is 0 Å². The van der Waals surface area contributed by atoms with Crippen LogP contribution in [0.4, 0.5) is 5.69 Å². The summed E-state index contributed by atoms with van der Waals surface area (Å²) in [6.45, 7) is 2.10. The zero-order valence-electron chi connectivity index (χ0n) is 16.1. The number of benzene rings is 2. The summed E-state index contributed by atoms with van der Waals surface area (Å²) in [5.74, 6) is 0.0403. The maximum absolute atomic E-state index is 13.1. The Morgan fingerprint density at radius 3 is 2.52 bits per heavy atom. The predicted molar refractivity (Wildman–Crippen MR) is 118 cm³/mol. The van der Waals surface area contributed by atoms with Crippen molar-refractivity contribution in [3.8, 4) is 0 Å². The Hall–Kier alpha value is -2.93. The second-order valence-corrected chi connectivity index (χ2v) is 7.71. The molecule has 1 aliphatic rings. The summed E-state index contributed by atoms with van der Waals surface area (Å²) in [7, 11) is 0. The summed E-state index contributed by atoms with van der Waals surface area (Å²) in [4.78, 5) is 15.7. The first kappa shape index (κ1) is 19.4. The lowest BCUT2D eigenvalue weighted by molar-refractivity contribution is 0.0700. The number of hydrogen-bond donors (Lipinski definition) is 2. The van der Waals surface area contributed by atoms with Gasteiger partial charge in [-0.05, 0) is 35.2 Å². The van der Waals surface area contributed by atoms with E-state index in [-0.39, 0.29) is 12.1 Å². The van der Waals surface area contributed by atoms with Crippen LogP contribution in [-0.2, 0) is 6.54 Å². The van der Waals surface area contributed by atoms with Gasteiger partial charge in [0, 0.05) is 25.8 Å². The molecule has 6 heteroatoms. The molecule has 2 heterocycles. The lowest BCUT2D eigenvalue weighted by Gasteiger charge is -2.30. The van der Waals surface area contributed by atoms with Crippen LogP contribution in [-0.4, -0.2) is 30.1 Å². The number of rotatable bonds is 8. The van der Waals surface area contributed by atoms with Crippen molar-refractivity contribution in [2.75, 3.05) is 18.1 Å². The van der Waals surface area contributed by atoms with Crippen molar-refractivity contribution in [1.82, 2.24) is 15.6 Å². The summed E-state index contributed by atoms with van der Waals surface area (Å²) in [5, 5.41) is 7.34. The molecule has 3 aromatic rings. The smallest absolute Gasteiger partial charge is 0.265 e. The fraction of sp³-hybridized carbons (Fsp3) is 0.174. The molecule has 1 aliphatic heterocycles. The first-order valence-corrected chi connectivity index (χ1v) is 10.6. The number of amides is 1. The van der Waals surface area contributed by atoms with Gasteiger partial charge in [-0.3, -0.25) is 9.80 Å². The van der Waals surface area contributed by atoms with Crippen LogP contribution in [0.25, 0.3) is 0 Å². The number of carbonyl (C=O) groups is 1. The number of para-hydroxylation sites is 1. The van der Waals surface area contributed by atoms with E-state index in [1.807, 2.05) is 88.2 Å². The summed E-state index contributed by atoms with van der Waals surface area (Å²) in [6, 6.07) is 24.1. The minimum Gasteiger partial charge on any atom is -0.316 e. The number of nitrogens with one attached hydrogen (secondary N) is 2. The Bertz CT molecular complexity index is 928. The van der Waals surface area contributed by atoms with E-state index in [0.717, 1.165) is 17.1 Å². The maximum atomic E-state index is 13.1. The van der Waals surface area contributed by atoms with Gasteiger partial charge in [-0.2, -0.15) is 0 Å². The summed E-state index contributed by atoms with van der Waals surface area (Å²) in [5.41, 5.74) is 5.69. The zero-order valence-corrected chi connectivity index (χ0v) is 16.9. The van der Waals surface area contributed by atoms with Crippen LogP contribution < -0.4 is 15.8 Å². The predicted octanol–water partition coefficient (Wildman–Crippen LogP) is 3.84. The SMILES string of the molecule is O=C(c1cccs1)N(CCNCc1ccccc1)C1C=CN(c2ccccc2)N1. The van der Waals surface area contributed by atoms with Crippen molar-refractivity contribution in [3.63, 3.8) is 0 Å². The van der Waals surface area contributed by atoms with Gasteiger partial charge in [0.25, 0.3) is 5.91 Å². The van der Waals surface area contributed by atoms with Crippen molar-refractivity contribution >= 4 is 22.9 Å². The van der Waals surface area contributed by atoms with Crippen molar-refractivity contribution in [2.24, 2.45) is 0 Å². The topological polar surface area (TPSA) is 47.6 Å². The lowest BCUT2D eigenvalue weighted by Crippen LogP contribution is -2.51. The summed E-state index contributed by atoms with van der Waals surface area (Å²) >= 11 is 1.47. The average molecular weight is 405 g/mol. The van der Waals surface area contributed by atoms with E-state index in [4.69, 9.17) is 0 Å². The molecule has 0 saturated carbocycles. The molecule has 0 fully saturated rings. The van der Waals surface area contributed by atoms with Gasteiger partial charge in [-0.1, -0.05) is 54.6 Å². The number of nitrogens with zero attached hydrogens (tertiary/aromatic N) is 2. The van der Waals surface area contributed by atoms with Crippen LogP contribution in [0.5, 0.6) is 0 Å². The third kappa shape index (κ3) is 4.92. The van der Waals surface area contributed by atoms with Crippen molar-refractivity contribution in [2.45, 2.75) is 12.7 Å². The number of carbonyl (C=O) groups excluding carboxylic acids is 1. The van der Waals surface area contributed by atoms with Gasteiger partial charge < -0.3 is 10.2 Å². The van der Waals surface area contributed by atoms with E-state index >= 15 is 0 Å². The van der Waals surface area contributed by atoms with Gasteiger partial charge in [-0.15, -0.1) is 11.3 Å². The molecule has 0 radical (unpaired) electrons. The molecule has 0 saturated heterocycles. The Morgan fingerprint density at radius 2 is 1.79 bits per heavy atom. The van der Waals surface area contributed by atoms with Crippen LogP contribution in [0, 0.1) is 0 Å². The highest BCUT2D eigenvalue weighted by atomic mass is 32.1. The maximum Gasteiger partial charge on any atom is 0.265 e. The quantitative estimate of drug-likeness (QED) is 0.560. The molecule has 1 amide bonds. The Labute approximate surface area is 175 Å². The first-order valence-electron chi connectivity index (χ1n) is 9.69. The van der Waals surface area contributed by atoms with Gasteiger partial charge in [0.2, 0.25) is 0 Å². The van der Waals surface area contributed by atoms with E-state index in [1.165, 1.54) is 16.9 Å². The Morgan fingerprint density at radius 1 is 1.03 bits per heavy atom. The fourth-order valence-corrected chi connectivity index (χ4v) is 3.93. The van der Waals surface area contributed by atoms with Crippen LogP contribution in [0.2, 0.25) is 0 Å². The molecule has 4 rings (SSSR count). The molecule has 2 aromatic carbocycles. The highest BCUT2D eigenvalue weighted by Gasteiger charge is 2.27. The van der Waals surface area contributed by atoms with Gasteiger partial charge in [-0.25, -0.2) is 5.43 Å². The third-order valence-electron chi connectivity index (χ3n) is 4.75. The molecule has 1 unspecified atom stereocenters. The molecular weight excluding hydrogens is 380 g/mol. The highest BCUT2D eigenvalue weighted by molar-refractivity contribution is 7.12. The highest BCUT2D eigenvalue weighted by Crippen LogP contribution is 2.20. The van der Waals surface area contributed by atoms with E-state index in [0.29, 0.717) is 13.1 Å². The van der Waals surface area contributed by atoms with Crippen molar-refractivity contribution < 1.29 is 4.79 Å². The van der Waals surface area contributed by atoms with Crippen LogP contribution in [0.1, 0.15) is 15.2 Å². The van der Waals surface area contributed by atoms with E-state index in [1.54, 1.807) is 0 Å². The first-order chi connectivity index (χ1) is 14.3. The molecule has 0 spiro atoms. The molecule has 0 aliphatic carbocycles. The summed E-state index contributed by atoms with van der Waals surface area (Å²) in [6.07, 6.45) is 3.81. The number of thiophene rings is 1. The molecule has 2 N–H and O–H groups in total. The second-order valence-electron chi connectivity index (χ2n) is 6.76. The Kier molecular flexibility index (Phi) is 6.36. The minimum absolute atomic E-state index is 0.0403. The van der Waals surface area contributed by atoms with Gasteiger partial charge in [0.15, 0.2) is 0 Å². The minimum atomic E-state index is -0.191. The molecule has 5 nitrogen and oxygen atoms in total. The third-order valence-corrected chi connectivity index (χ3v) is 5.61. The average Bonchev–Trinajstić information content (AvgIpc) is 3.47. The number of hydrogen-bond acceptors (Lipinski definition) is 5. The summed E-state index contributed by atoms with van der Waals surface area (Å²) < 4.78 is 0. The zero-order chi connectivity index (χ0) is 19.9. The second kappa shape index (κ2) is 9.52. The van der Waals surface area contributed by atoms with E-state index < -0.39 is 0 Å². The number of anilines is 1. The molecule has 1 aromatic heterocycles. The molecule has 0 bridgehead atoms. The largest absolute Gasteiger partial charge is 0.316 e. The molecular formula is C23H24N4OS. The van der Waals surface area contributed by atoms with E-state index in [2.05, 4.69) is 22.9 Å². The number of hydrazine groups is 1. The van der Waals surface area contributed by atoms with Gasteiger partial charge in [0.05, 0.1) is 10.6 Å². The monoisotopic (exact) mass is 404 g/mol. The van der Waals surface area contributed by atoms with Crippen molar-refractivity contribution in [3.05, 3.63) is 101 Å². The van der Waals surface area contributed by atoms with Gasteiger partial charge in [0.1, 0.15) is 6.17 Å². The molecule has 29 heavy (non-hydrogen) atoms. The molecule has 148 valence electrons. The van der Waals surface area contributed by atoms with Crippen LogP contribution in [0.3, 0.4) is 0 Å². The van der Waals surface area contributed by atoms with Crippen LogP contribution in [0.15, 0.2) is 90.5 Å². The van der Waals surface area contributed by atoms with Crippen molar-refractivity contribution in [1.29, 1.82) is 0 Å². The van der Waals surface area contributed by atoms with Crippen LogP contribution >= 0.6 is 11.3 Å². The standard InChI is InChI=1S/C23H24N4OS/c28-23(21-12-7-17-29-21)26(16-14-24-18-19-8-3-1-4-9-19)22-13-15-27(25-22)20-10-5-2-6-11-20/h1-13,15,17,22,24-25H,14,16,18H2. The van der Waals surface area contributed by atoms with E-state index in [9.17, 15) is 4.79 Å².